The average molecular weight is 495 g/mol. The molecule has 0 aliphatic carbocycles. The molecule has 1 heterocycles. The number of amides is 2. The van der Waals surface area contributed by atoms with E-state index in [0.29, 0.717) is 17.2 Å². The van der Waals surface area contributed by atoms with Crippen molar-refractivity contribution in [2.24, 2.45) is 0 Å². The van der Waals surface area contributed by atoms with E-state index in [4.69, 9.17) is 0 Å². The number of carbonyl (C=O) groups is 2. The van der Waals surface area contributed by atoms with Crippen molar-refractivity contribution in [3.05, 3.63) is 94.0 Å². The van der Waals surface area contributed by atoms with Crippen LogP contribution in [0.3, 0.4) is 0 Å². The maximum absolute atomic E-state index is 12.8. The van der Waals surface area contributed by atoms with Gasteiger partial charge in [-0.05, 0) is 59.5 Å². The van der Waals surface area contributed by atoms with Gasteiger partial charge in [-0.15, -0.1) is 11.8 Å². The highest BCUT2D eigenvalue weighted by atomic mass is 79.9. The van der Waals surface area contributed by atoms with Crippen LogP contribution in [0.1, 0.15) is 46.6 Å². The predicted molar refractivity (Wildman–Crippen MR) is 132 cm³/mol. The third-order valence-electron chi connectivity index (χ3n) is 5.25. The van der Waals surface area contributed by atoms with E-state index in [2.05, 4.69) is 41.2 Å². The summed E-state index contributed by atoms with van der Waals surface area (Å²) in [5.41, 5.74) is 4.50. The molecule has 6 heteroatoms. The lowest BCUT2D eigenvalue weighted by atomic mass is 10.00. The largest absolute Gasteiger partial charge is 0.322 e. The van der Waals surface area contributed by atoms with Crippen molar-refractivity contribution in [2.45, 2.75) is 25.1 Å². The second-order valence-electron chi connectivity index (χ2n) is 7.72. The Labute approximate surface area is 195 Å². The molecule has 31 heavy (non-hydrogen) atoms. The van der Waals surface area contributed by atoms with Crippen molar-refractivity contribution in [3.8, 4) is 0 Å². The summed E-state index contributed by atoms with van der Waals surface area (Å²) in [4.78, 5) is 27.1. The van der Waals surface area contributed by atoms with Crippen LogP contribution >= 0.6 is 27.7 Å². The van der Waals surface area contributed by atoms with Crippen molar-refractivity contribution in [1.29, 1.82) is 0 Å². The number of benzene rings is 3. The summed E-state index contributed by atoms with van der Waals surface area (Å²) < 4.78 is 0.931. The van der Waals surface area contributed by atoms with Gasteiger partial charge in [0.2, 0.25) is 5.91 Å². The van der Waals surface area contributed by atoms with Gasteiger partial charge in [0.25, 0.3) is 5.91 Å². The fourth-order valence-corrected chi connectivity index (χ4v) is 5.10. The number of thioether (sulfide) groups is 1. The summed E-state index contributed by atoms with van der Waals surface area (Å²) in [5.74, 6) is 0.749. The van der Waals surface area contributed by atoms with Gasteiger partial charge in [0.1, 0.15) is 5.37 Å². The van der Waals surface area contributed by atoms with E-state index in [1.165, 1.54) is 5.56 Å². The lowest BCUT2D eigenvalue weighted by molar-refractivity contribution is -0.115. The van der Waals surface area contributed by atoms with Crippen LogP contribution in [0.15, 0.2) is 77.3 Å². The van der Waals surface area contributed by atoms with Gasteiger partial charge in [0.05, 0.1) is 5.75 Å². The molecule has 1 aliphatic rings. The third kappa shape index (κ3) is 4.70. The molecule has 1 N–H and O–H groups in total. The number of nitrogens with one attached hydrogen (secondary N) is 1. The van der Waals surface area contributed by atoms with Gasteiger partial charge < -0.3 is 5.32 Å². The summed E-state index contributed by atoms with van der Waals surface area (Å²) in [6.45, 7) is 4.29. The van der Waals surface area contributed by atoms with Crippen LogP contribution in [0.4, 0.5) is 11.4 Å². The molecule has 0 spiro atoms. The number of hydrogen-bond donors (Lipinski definition) is 1. The summed E-state index contributed by atoms with van der Waals surface area (Å²) in [7, 11) is 0. The predicted octanol–water partition coefficient (Wildman–Crippen LogP) is 6.60. The van der Waals surface area contributed by atoms with Crippen LogP contribution < -0.4 is 10.2 Å². The van der Waals surface area contributed by atoms with Crippen molar-refractivity contribution >= 4 is 50.9 Å². The molecule has 1 aliphatic heterocycles. The monoisotopic (exact) mass is 494 g/mol. The number of anilines is 2. The molecule has 0 bridgehead atoms. The third-order valence-corrected chi connectivity index (χ3v) is 6.99. The summed E-state index contributed by atoms with van der Waals surface area (Å²) >= 11 is 5.01. The Kier molecular flexibility index (Phi) is 6.49. The highest BCUT2D eigenvalue weighted by Crippen LogP contribution is 2.44. The molecule has 1 atom stereocenters. The van der Waals surface area contributed by atoms with Crippen molar-refractivity contribution in [3.63, 3.8) is 0 Å². The lowest BCUT2D eigenvalue weighted by Gasteiger charge is -2.27. The molecular formula is C25H23BrN2O2S. The molecule has 4 rings (SSSR count). The number of nitrogens with zero attached hydrogens (tertiary/aromatic N) is 1. The Morgan fingerprint density at radius 1 is 1.03 bits per heavy atom. The maximum Gasteiger partial charge on any atom is 0.255 e. The fourth-order valence-electron chi connectivity index (χ4n) is 3.66. The number of para-hydroxylation sites is 1. The minimum atomic E-state index is -0.154. The zero-order chi connectivity index (χ0) is 22.0. The Bertz CT molecular complexity index is 1100. The smallest absolute Gasteiger partial charge is 0.255 e. The number of halogens is 1. The molecule has 1 fully saturated rings. The minimum Gasteiger partial charge on any atom is -0.322 e. The lowest BCUT2D eigenvalue weighted by Crippen LogP contribution is -2.29. The van der Waals surface area contributed by atoms with Gasteiger partial charge in [0, 0.05) is 21.4 Å². The molecule has 0 radical (unpaired) electrons. The van der Waals surface area contributed by atoms with Crippen LogP contribution in [-0.2, 0) is 4.79 Å². The van der Waals surface area contributed by atoms with E-state index in [0.717, 1.165) is 21.4 Å². The second kappa shape index (κ2) is 9.28. The van der Waals surface area contributed by atoms with E-state index in [-0.39, 0.29) is 17.2 Å². The van der Waals surface area contributed by atoms with Crippen molar-refractivity contribution < 1.29 is 9.59 Å². The first-order chi connectivity index (χ1) is 14.9. The first-order valence-electron chi connectivity index (χ1n) is 10.1. The maximum atomic E-state index is 12.8. The van der Waals surface area contributed by atoms with Gasteiger partial charge >= 0.3 is 0 Å². The minimum absolute atomic E-state index is 0.0800. The van der Waals surface area contributed by atoms with Gasteiger partial charge in [0.15, 0.2) is 0 Å². The normalized spacial score (nSPS) is 16.1. The van der Waals surface area contributed by atoms with E-state index >= 15 is 0 Å². The summed E-state index contributed by atoms with van der Waals surface area (Å²) in [6.07, 6.45) is 0. The van der Waals surface area contributed by atoms with Gasteiger partial charge in [-0.1, -0.05) is 60.1 Å². The van der Waals surface area contributed by atoms with E-state index in [1.54, 1.807) is 23.9 Å². The van der Waals surface area contributed by atoms with Crippen molar-refractivity contribution in [1.82, 2.24) is 0 Å². The second-order valence-corrected chi connectivity index (χ2v) is 9.71. The SMILES string of the molecule is CC(C)c1ccccc1N1C(=O)CSC1c1ccc(NC(=O)c2ccc(Br)cc2)cc1. The first kappa shape index (κ1) is 21.7. The van der Waals surface area contributed by atoms with Crippen LogP contribution in [0.5, 0.6) is 0 Å². The Hall–Kier alpha value is -2.57. The zero-order valence-corrected chi connectivity index (χ0v) is 19.7. The van der Waals surface area contributed by atoms with E-state index in [9.17, 15) is 9.59 Å². The van der Waals surface area contributed by atoms with Crippen LogP contribution in [0, 0.1) is 0 Å². The molecule has 0 aromatic heterocycles. The summed E-state index contributed by atoms with van der Waals surface area (Å²) in [5, 5.41) is 2.85. The number of carbonyl (C=O) groups excluding carboxylic acids is 2. The molecule has 2 amide bonds. The first-order valence-corrected chi connectivity index (χ1v) is 12.0. The van der Waals surface area contributed by atoms with Crippen LogP contribution in [-0.4, -0.2) is 17.6 Å². The summed E-state index contributed by atoms with van der Waals surface area (Å²) in [6, 6.07) is 23.1. The standard InChI is InChI=1S/C25H23BrN2O2S/c1-16(2)21-5-3-4-6-22(21)28-23(29)15-31-25(28)18-9-13-20(14-10-18)27-24(30)17-7-11-19(26)12-8-17/h3-14,16,25H,15H2,1-2H3,(H,27,30). The Morgan fingerprint density at radius 3 is 2.39 bits per heavy atom. The Balaban J connectivity index is 1.55. The fraction of sp³-hybridized carbons (Fsp3) is 0.200. The number of hydrogen-bond acceptors (Lipinski definition) is 3. The highest BCUT2D eigenvalue weighted by molar-refractivity contribution is 9.10. The topological polar surface area (TPSA) is 49.4 Å². The van der Waals surface area contributed by atoms with E-state index in [1.807, 2.05) is 59.5 Å². The van der Waals surface area contributed by atoms with Gasteiger partial charge in [-0.2, -0.15) is 0 Å². The molecule has 0 saturated carbocycles. The van der Waals surface area contributed by atoms with Gasteiger partial charge in [-0.3, -0.25) is 14.5 Å². The molecule has 1 saturated heterocycles. The van der Waals surface area contributed by atoms with Crippen LogP contribution in [0.2, 0.25) is 0 Å². The highest BCUT2D eigenvalue weighted by Gasteiger charge is 2.35. The van der Waals surface area contributed by atoms with Crippen LogP contribution in [0.25, 0.3) is 0 Å². The molecular weight excluding hydrogens is 472 g/mol. The molecule has 4 nitrogen and oxygen atoms in total. The molecule has 3 aromatic carbocycles. The average Bonchev–Trinajstić information content (AvgIpc) is 3.16. The molecule has 1 unspecified atom stereocenters. The molecule has 158 valence electrons. The molecule has 3 aromatic rings. The quantitative estimate of drug-likeness (QED) is 0.434. The van der Waals surface area contributed by atoms with Gasteiger partial charge in [-0.25, -0.2) is 0 Å². The zero-order valence-electron chi connectivity index (χ0n) is 17.3. The van der Waals surface area contributed by atoms with Crippen molar-refractivity contribution in [2.75, 3.05) is 16.0 Å². The number of rotatable bonds is 5. The van der Waals surface area contributed by atoms with E-state index < -0.39 is 0 Å². The Morgan fingerprint density at radius 2 is 1.71 bits per heavy atom.